The predicted octanol–water partition coefficient (Wildman–Crippen LogP) is 4.84. The smallest absolute Gasteiger partial charge is 0.388 e. The molecule has 2 N–H and O–H groups in total. The number of nitrogens with zero attached hydrogens (tertiary/aromatic N) is 7. The van der Waals surface area contributed by atoms with Crippen molar-refractivity contribution in [1.82, 2.24) is 29.6 Å². The van der Waals surface area contributed by atoms with E-state index in [0.29, 0.717) is 30.0 Å². The van der Waals surface area contributed by atoms with Gasteiger partial charge in [0.2, 0.25) is 13.6 Å². The van der Waals surface area contributed by atoms with E-state index >= 15 is 0 Å². The Morgan fingerprint density at radius 2 is 1.57 bits per heavy atom. The highest BCUT2D eigenvalue weighted by atomic mass is 32.2. The molecule has 26 heteroatoms. The number of rotatable bonds is 18. The Hall–Kier alpha value is -5.00. The molecule has 2 aromatic carbocycles. The van der Waals surface area contributed by atoms with E-state index in [4.69, 9.17) is 37.0 Å². The summed E-state index contributed by atoms with van der Waals surface area (Å²) in [6, 6.07) is 16.7. The molecule has 0 aliphatic carbocycles. The first-order valence-corrected chi connectivity index (χ1v) is 26.8. The largest absolute Gasteiger partial charge is 0.438 e. The molecular formula is C44H57N9O14P2S. The lowest BCUT2D eigenvalue weighted by Crippen LogP contribution is -2.46. The first-order chi connectivity index (χ1) is 33.3. The highest BCUT2D eigenvalue weighted by Gasteiger charge is 2.55. The Labute approximate surface area is 406 Å². The number of fused-ring (bicyclic) bond motifs is 2. The van der Waals surface area contributed by atoms with Crippen LogP contribution in [0.4, 0.5) is 17.3 Å². The molecule has 2 aromatic heterocycles. The van der Waals surface area contributed by atoms with Crippen molar-refractivity contribution < 1.29 is 64.4 Å². The maximum absolute atomic E-state index is 14.4. The van der Waals surface area contributed by atoms with E-state index in [1.165, 1.54) is 24.3 Å². The van der Waals surface area contributed by atoms with E-state index in [0.717, 1.165) is 6.42 Å². The predicted molar refractivity (Wildman–Crippen MR) is 252 cm³/mol. The molecule has 3 saturated heterocycles. The molecule has 0 saturated carbocycles. The molecule has 4 aromatic rings. The standard InChI is InChI=1S/C44H57N9O14P2S/c1-43(2,3)41(55)61-26-63-69(57,64-27-62-42(56)44(4,5)6)33-22-51(50-49-33)21-31-35(67-68-53-20-14-19-30(53)32(66-68)23-70(58,59)29-17-12-9-13-18-29)36(60-7)40(65-31)52-25-47-34-37(45-24-46-38(34)52)48-39(54)28-15-10-8-11-16-28/h8-13,15-18,22,24,30-32,35-36,40,47H,14,19-21,23,25-27H2,1-7H3,(H,45,46,48,54)/t30-,31?,32?,35?,36?,40?,68-/m0/s1. The Morgan fingerprint density at radius 1 is 0.914 bits per heavy atom. The molecule has 4 aliphatic heterocycles. The van der Waals surface area contributed by atoms with Gasteiger partial charge in [-0.05, 0) is 78.6 Å². The minimum Gasteiger partial charge on any atom is -0.438 e. The number of hydrogen-bond acceptors (Lipinski definition) is 21. The molecule has 1 amide bonds. The molecule has 0 radical (unpaired) electrons. The van der Waals surface area contributed by atoms with Gasteiger partial charge < -0.3 is 43.5 Å². The summed E-state index contributed by atoms with van der Waals surface area (Å²) in [5.41, 5.74) is -1.23. The van der Waals surface area contributed by atoms with Crippen molar-refractivity contribution in [2.45, 2.75) is 103 Å². The topological polar surface area (TPSA) is 263 Å². The van der Waals surface area contributed by atoms with Crippen LogP contribution in [0.15, 0.2) is 78.1 Å². The first kappa shape index (κ1) is 51.4. The van der Waals surface area contributed by atoms with Crippen LogP contribution in [0.1, 0.15) is 64.7 Å². The van der Waals surface area contributed by atoms with Gasteiger partial charge in [-0.1, -0.05) is 41.6 Å². The second-order valence-corrected chi connectivity index (χ2v) is 24.3. The van der Waals surface area contributed by atoms with E-state index in [2.05, 4.69) is 35.6 Å². The van der Waals surface area contributed by atoms with Crippen molar-refractivity contribution in [3.05, 3.63) is 78.8 Å². The van der Waals surface area contributed by atoms with Crippen molar-refractivity contribution in [1.29, 1.82) is 0 Å². The van der Waals surface area contributed by atoms with Gasteiger partial charge in [0.25, 0.3) is 14.4 Å². The SMILES string of the molecule is COC1C(O[P@]2OC(CS(=O)(=O)c3ccccc3)[C@@H]3CCCN32)C(Cn2cc(P(=O)(OCOC(=O)C(C)(C)C)OCOC(=O)C(C)(C)C)nn2)OC1N1CNc2c(NC(=O)c3ccccc3)ncnc21. The summed E-state index contributed by atoms with van der Waals surface area (Å²) in [4.78, 5) is 49.3. The highest BCUT2D eigenvalue weighted by molar-refractivity contribution is 7.91. The van der Waals surface area contributed by atoms with Gasteiger partial charge in [-0.15, -0.1) is 5.10 Å². The van der Waals surface area contributed by atoms with Crippen molar-refractivity contribution in [3.8, 4) is 0 Å². The summed E-state index contributed by atoms with van der Waals surface area (Å²) in [6.45, 7) is 8.91. The minimum absolute atomic E-state index is 0.0965. The van der Waals surface area contributed by atoms with Gasteiger partial charge in [0.15, 0.2) is 33.1 Å². The third-order valence-electron chi connectivity index (χ3n) is 11.7. The summed E-state index contributed by atoms with van der Waals surface area (Å²) in [5, 5.41) is 14.5. The van der Waals surface area contributed by atoms with Crippen molar-refractivity contribution >= 4 is 66.6 Å². The van der Waals surface area contributed by atoms with Crippen LogP contribution in [0, 0.1) is 10.8 Å². The van der Waals surface area contributed by atoms with Crippen LogP contribution in [0.3, 0.4) is 0 Å². The molecule has 4 aliphatic rings. The number of sulfone groups is 1. The Morgan fingerprint density at radius 3 is 2.21 bits per heavy atom. The van der Waals surface area contributed by atoms with Gasteiger partial charge in [0.05, 0.1) is 47.0 Å². The van der Waals surface area contributed by atoms with E-state index in [1.54, 1.807) is 101 Å². The lowest BCUT2D eigenvalue weighted by atomic mass is 9.98. The van der Waals surface area contributed by atoms with Crippen LogP contribution in [0.5, 0.6) is 0 Å². The number of aromatic nitrogens is 5. The zero-order valence-corrected chi connectivity index (χ0v) is 42.3. The van der Waals surface area contributed by atoms with Gasteiger partial charge in [0.1, 0.15) is 30.3 Å². The van der Waals surface area contributed by atoms with Crippen LogP contribution < -0.4 is 21.0 Å². The van der Waals surface area contributed by atoms with Gasteiger partial charge >= 0.3 is 19.5 Å². The van der Waals surface area contributed by atoms with E-state index in [-0.39, 0.29) is 47.1 Å². The van der Waals surface area contributed by atoms with Crippen LogP contribution in [0.2, 0.25) is 0 Å². The molecule has 70 heavy (non-hydrogen) atoms. The molecular weight excluding hydrogens is 973 g/mol. The van der Waals surface area contributed by atoms with Gasteiger partial charge in [-0.2, -0.15) is 0 Å². The Balaban J connectivity index is 1.07. The lowest BCUT2D eigenvalue weighted by molar-refractivity contribution is -0.161. The number of carbonyl (C=O) groups excluding carboxylic acids is 3. The number of anilines is 3. The van der Waals surface area contributed by atoms with E-state index < -0.39 is 93.0 Å². The van der Waals surface area contributed by atoms with Gasteiger partial charge in [-0.3, -0.25) is 28.0 Å². The summed E-state index contributed by atoms with van der Waals surface area (Å²) in [6.07, 6.45) is -0.157. The number of ether oxygens (including phenoxy) is 4. The molecule has 6 heterocycles. The third-order valence-corrected chi connectivity index (χ3v) is 16.9. The maximum Gasteiger partial charge on any atom is 0.388 e. The Bertz CT molecular complexity index is 2640. The average molecular weight is 1030 g/mol. The fourth-order valence-corrected chi connectivity index (χ4v) is 12.8. The van der Waals surface area contributed by atoms with Crippen molar-refractivity contribution in [2.75, 3.05) is 55.2 Å². The molecule has 3 fully saturated rings. The van der Waals surface area contributed by atoms with Crippen LogP contribution in [-0.4, -0.2) is 132 Å². The monoisotopic (exact) mass is 1030 g/mol. The zero-order valence-electron chi connectivity index (χ0n) is 39.7. The van der Waals surface area contributed by atoms with Gasteiger partial charge in [-0.25, -0.2) is 27.7 Å². The molecule has 378 valence electrons. The van der Waals surface area contributed by atoms with Crippen molar-refractivity contribution in [3.63, 3.8) is 0 Å². The fourth-order valence-electron chi connectivity index (χ4n) is 8.02. The highest BCUT2D eigenvalue weighted by Crippen LogP contribution is 2.58. The molecule has 8 rings (SSSR count). The normalized spacial score (nSPS) is 23.7. The number of benzene rings is 2. The number of amides is 1. The Kier molecular flexibility index (Phi) is 15.4. The molecule has 5 unspecified atom stereocenters. The molecule has 7 atom stereocenters. The van der Waals surface area contributed by atoms with Crippen LogP contribution in [-0.2, 0) is 67.6 Å². The summed E-state index contributed by atoms with van der Waals surface area (Å²) in [7, 11) is -8.61. The van der Waals surface area contributed by atoms with E-state index in [9.17, 15) is 27.4 Å². The van der Waals surface area contributed by atoms with Crippen LogP contribution in [0.25, 0.3) is 0 Å². The average Bonchev–Trinajstić information content (AvgIpc) is 4.18. The zero-order chi connectivity index (χ0) is 50.0. The van der Waals surface area contributed by atoms with E-state index in [1.807, 2.05) is 6.07 Å². The van der Waals surface area contributed by atoms with Crippen molar-refractivity contribution in [2.24, 2.45) is 10.8 Å². The number of hydrogen-bond donors (Lipinski definition) is 2. The van der Waals surface area contributed by atoms with Gasteiger partial charge in [0, 0.05) is 25.3 Å². The van der Waals surface area contributed by atoms with Crippen LogP contribution >= 0.6 is 16.1 Å². The molecule has 0 bridgehead atoms. The third kappa shape index (κ3) is 11.4. The molecule has 0 spiro atoms. The number of methoxy groups -OCH3 is 1. The molecule has 23 nitrogen and oxygen atoms in total. The first-order valence-electron chi connectivity index (χ1n) is 22.5. The number of esters is 2. The maximum atomic E-state index is 14.4. The second-order valence-electron chi connectivity index (χ2n) is 18.9. The lowest BCUT2D eigenvalue weighted by Gasteiger charge is -2.30. The summed E-state index contributed by atoms with van der Waals surface area (Å²) in [5.74, 6) is -1.27. The quantitative estimate of drug-likeness (QED) is 0.0767. The summed E-state index contributed by atoms with van der Waals surface area (Å²) < 4.78 is 93.2. The summed E-state index contributed by atoms with van der Waals surface area (Å²) >= 11 is 0. The minimum atomic E-state index is -4.51. The number of carbonyl (C=O) groups is 3. The fraction of sp³-hybridized carbons (Fsp3) is 0.523. The second kappa shape index (κ2) is 21.0. The number of nitrogens with one attached hydrogen (secondary N) is 2.